The van der Waals surface area contributed by atoms with Crippen molar-refractivity contribution < 1.29 is 17.9 Å². The number of alkyl halides is 3. The van der Waals surface area contributed by atoms with Gasteiger partial charge in [0.05, 0.1) is 5.69 Å². The van der Waals surface area contributed by atoms with Crippen LogP contribution in [0.3, 0.4) is 0 Å². The number of hydrogen-bond donors (Lipinski definition) is 0. The molecule has 3 aromatic rings. The van der Waals surface area contributed by atoms with E-state index in [2.05, 4.69) is 33.9 Å². The molecule has 1 aliphatic rings. The molecule has 0 radical (unpaired) electrons. The molecule has 2 aromatic carbocycles. The molecule has 0 N–H and O–H groups in total. The Morgan fingerprint density at radius 3 is 2.59 bits per heavy atom. The molecule has 1 heterocycles. The molecule has 0 fully saturated rings. The molecule has 1 unspecified atom stereocenters. The van der Waals surface area contributed by atoms with Gasteiger partial charge in [0.1, 0.15) is 12.1 Å². The molecule has 27 heavy (non-hydrogen) atoms. The average Bonchev–Trinajstić information content (AvgIpc) is 3.10. The molecule has 0 spiro atoms. The van der Waals surface area contributed by atoms with Gasteiger partial charge in [-0.25, -0.2) is 9.67 Å². The molecule has 0 aliphatic heterocycles. The molecule has 4 rings (SSSR count). The molecule has 0 amide bonds. The SMILES string of the molecule is CC1CCc2cc(-c3ncn(-c4ccc(OC(F)(F)F)cc4)n3)ccc2C1. The van der Waals surface area contributed by atoms with Gasteiger partial charge in [-0.3, -0.25) is 0 Å². The van der Waals surface area contributed by atoms with Crippen LogP contribution in [0.25, 0.3) is 17.1 Å². The van der Waals surface area contributed by atoms with Gasteiger partial charge in [0, 0.05) is 5.56 Å². The van der Waals surface area contributed by atoms with Crippen LogP contribution < -0.4 is 4.74 Å². The predicted molar refractivity (Wildman–Crippen MR) is 94.7 cm³/mol. The summed E-state index contributed by atoms with van der Waals surface area (Å²) in [5, 5.41) is 4.46. The number of nitrogens with zero attached hydrogens (tertiary/aromatic N) is 3. The first-order valence-corrected chi connectivity index (χ1v) is 8.77. The van der Waals surface area contributed by atoms with Crippen LogP contribution in [0.5, 0.6) is 5.75 Å². The number of ether oxygens (including phenoxy) is 1. The van der Waals surface area contributed by atoms with E-state index in [0.717, 1.165) is 18.4 Å². The number of benzene rings is 2. The predicted octanol–water partition coefficient (Wildman–Crippen LogP) is 4.96. The largest absolute Gasteiger partial charge is 0.573 e. The first-order valence-electron chi connectivity index (χ1n) is 8.77. The Hall–Kier alpha value is -2.83. The van der Waals surface area contributed by atoms with E-state index in [1.54, 1.807) is 6.33 Å². The fourth-order valence-corrected chi connectivity index (χ4v) is 3.40. The van der Waals surface area contributed by atoms with Crippen LogP contribution in [0.2, 0.25) is 0 Å². The highest BCUT2D eigenvalue weighted by Gasteiger charge is 2.31. The third kappa shape index (κ3) is 3.97. The van der Waals surface area contributed by atoms with Crippen LogP contribution in [-0.2, 0) is 12.8 Å². The number of halogens is 3. The first-order chi connectivity index (χ1) is 12.9. The molecule has 7 heteroatoms. The van der Waals surface area contributed by atoms with E-state index < -0.39 is 6.36 Å². The highest BCUT2D eigenvalue weighted by molar-refractivity contribution is 5.57. The van der Waals surface area contributed by atoms with Crippen molar-refractivity contribution in [3.8, 4) is 22.8 Å². The summed E-state index contributed by atoms with van der Waals surface area (Å²) in [4.78, 5) is 4.35. The quantitative estimate of drug-likeness (QED) is 0.652. The highest BCUT2D eigenvalue weighted by atomic mass is 19.4. The molecule has 1 atom stereocenters. The summed E-state index contributed by atoms with van der Waals surface area (Å²) in [5.74, 6) is 1.03. The lowest BCUT2D eigenvalue weighted by atomic mass is 9.84. The van der Waals surface area contributed by atoms with Gasteiger partial charge < -0.3 is 4.74 Å². The van der Waals surface area contributed by atoms with Gasteiger partial charge in [0.15, 0.2) is 5.82 Å². The van der Waals surface area contributed by atoms with E-state index >= 15 is 0 Å². The van der Waals surface area contributed by atoms with Gasteiger partial charge >= 0.3 is 6.36 Å². The van der Waals surface area contributed by atoms with Crippen LogP contribution in [0.4, 0.5) is 13.2 Å². The maximum Gasteiger partial charge on any atom is 0.573 e. The van der Waals surface area contributed by atoms with Crippen LogP contribution in [0.1, 0.15) is 24.5 Å². The summed E-state index contributed by atoms with van der Waals surface area (Å²) in [6, 6.07) is 11.8. The van der Waals surface area contributed by atoms with E-state index in [9.17, 15) is 13.2 Å². The van der Waals surface area contributed by atoms with Crippen molar-refractivity contribution in [2.45, 2.75) is 32.5 Å². The third-order valence-corrected chi connectivity index (χ3v) is 4.77. The van der Waals surface area contributed by atoms with E-state index in [0.29, 0.717) is 17.4 Å². The summed E-state index contributed by atoms with van der Waals surface area (Å²) in [6.07, 6.45) is 0.197. The van der Waals surface area contributed by atoms with Crippen LogP contribution in [-0.4, -0.2) is 21.1 Å². The number of fused-ring (bicyclic) bond motifs is 1. The smallest absolute Gasteiger partial charge is 0.406 e. The zero-order chi connectivity index (χ0) is 19.0. The number of hydrogen-bond acceptors (Lipinski definition) is 3. The Kier molecular flexibility index (Phi) is 4.37. The number of rotatable bonds is 3. The Bertz CT molecular complexity index is 948. The molecule has 1 aliphatic carbocycles. The number of aromatic nitrogens is 3. The summed E-state index contributed by atoms with van der Waals surface area (Å²) >= 11 is 0. The summed E-state index contributed by atoms with van der Waals surface area (Å²) < 4.78 is 42.2. The Morgan fingerprint density at radius 2 is 1.85 bits per heavy atom. The molecule has 140 valence electrons. The Balaban J connectivity index is 1.55. The highest BCUT2D eigenvalue weighted by Crippen LogP contribution is 2.29. The Labute approximate surface area is 154 Å². The van der Waals surface area contributed by atoms with E-state index in [-0.39, 0.29) is 5.75 Å². The molecular formula is C20H18F3N3O. The molecule has 4 nitrogen and oxygen atoms in total. The lowest BCUT2D eigenvalue weighted by molar-refractivity contribution is -0.274. The molecule has 0 saturated heterocycles. The minimum atomic E-state index is -4.70. The maximum atomic E-state index is 12.2. The fourth-order valence-electron chi connectivity index (χ4n) is 3.40. The minimum absolute atomic E-state index is 0.268. The van der Waals surface area contributed by atoms with Crippen LogP contribution >= 0.6 is 0 Å². The standard InChI is InChI=1S/C20H18F3N3O/c1-13-2-3-15-11-16(5-4-14(15)10-13)19-24-12-26(25-19)17-6-8-18(9-7-17)27-20(21,22)23/h4-9,11-13H,2-3,10H2,1H3. The molecule has 1 aromatic heterocycles. The third-order valence-electron chi connectivity index (χ3n) is 4.77. The van der Waals surface area contributed by atoms with E-state index in [1.807, 2.05) is 6.07 Å². The second-order valence-corrected chi connectivity index (χ2v) is 6.89. The van der Waals surface area contributed by atoms with Crippen molar-refractivity contribution in [2.75, 3.05) is 0 Å². The average molecular weight is 373 g/mol. The van der Waals surface area contributed by atoms with Crippen molar-refractivity contribution in [2.24, 2.45) is 5.92 Å². The zero-order valence-corrected chi connectivity index (χ0v) is 14.7. The second kappa shape index (κ2) is 6.72. The topological polar surface area (TPSA) is 39.9 Å². The van der Waals surface area contributed by atoms with Crippen molar-refractivity contribution in [3.63, 3.8) is 0 Å². The lowest BCUT2D eigenvalue weighted by Crippen LogP contribution is -2.17. The van der Waals surface area contributed by atoms with Crippen LogP contribution in [0.15, 0.2) is 48.8 Å². The van der Waals surface area contributed by atoms with Gasteiger partial charge in [-0.2, -0.15) is 0 Å². The summed E-state index contributed by atoms with van der Waals surface area (Å²) in [6.45, 7) is 2.27. The summed E-state index contributed by atoms with van der Waals surface area (Å²) in [7, 11) is 0. The molecular weight excluding hydrogens is 355 g/mol. The lowest BCUT2D eigenvalue weighted by Gasteiger charge is -2.21. The molecule has 0 saturated carbocycles. The van der Waals surface area contributed by atoms with Crippen molar-refractivity contribution in [3.05, 3.63) is 59.9 Å². The first kappa shape index (κ1) is 17.6. The zero-order valence-electron chi connectivity index (χ0n) is 14.7. The van der Waals surface area contributed by atoms with Gasteiger partial charge in [-0.1, -0.05) is 19.1 Å². The minimum Gasteiger partial charge on any atom is -0.406 e. The Morgan fingerprint density at radius 1 is 1.07 bits per heavy atom. The van der Waals surface area contributed by atoms with Gasteiger partial charge in [0.25, 0.3) is 0 Å². The monoisotopic (exact) mass is 373 g/mol. The van der Waals surface area contributed by atoms with Crippen molar-refractivity contribution in [1.29, 1.82) is 0 Å². The summed E-state index contributed by atoms with van der Waals surface area (Å²) in [5.41, 5.74) is 4.28. The van der Waals surface area contributed by atoms with Crippen molar-refractivity contribution >= 4 is 0 Å². The van der Waals surface area contributed by atoms with Gasteiger partial charge in [-0.05, 0) is 66.6 Å². The maximum absolute atomic E-state index is 12.2. The number of aryl methyl sites for hydroxylation is 1. The van der Waals surface area contributed by atoms with Gasteiger partial charge in [-0.15, -0.1) is 18.3 Å². The fraction of sp³-hybridized carbons (Fsp3) is 0.300. The second-order valence-electron chi connectivity index (χ2n) is 6.89. The van der Waals surface area contributed by atoms with E-state index in [1.165, 1.54) is 46.5 Å². The van der Waals surface area contributed by atoms with Crippen molar-refractivity contribution in [1.82, 2.24) is 14.8 Å². The normalized spacial score (nSPS) is 16.8. The van der Waals surface area contributed by atoms with E-state index in [4.69, 9.17) is 0 Å². The van der Waals surface area contributed by atoms with Crippen LogP contribution in [0, 0.1) is 5.92 Å². The van der Waals surface area contributed by atoms with Gasteiger partial charge in [0.2, 0.25) is 0 Å². The molecule has 0 bridgehead atoms.